The summed E-state index contributed by atoms with van der Waals surface area (Å²) in [5.74, 6) is -0.635. The zero-order valence-electron chi connectivity index (χ0n) is 11.7. The van der Waals surface area contributed by atoms with Crippen molar-refractivity contribution < 1.29 is 14.3 Å². The summed E-state index contributed by atoms with van der Waals surface area (Å²) in [7, 11) is 0. The minimum absolute atomic E-state index is 0.149. The molecular weight excluding hydrogens is 230 g/mol. The molecule has 1 unspecified atom stereocenters. The SMILES string of the molecule is CC(C)CNC(=O)C(=O)C(C)OC1CCCCC1. The molecular formula is C14H25NO3. The molecule has 0 aromatic rings. The van der Waals surface area contributed by atoms with Gasteiger partial charge in [0.25, 0.3) is 5.91 Å². The maximum absolute atomic E-state index is 11.8. The van der Waals surface area contributed by atoms with Gasteiger partial charge in [-0.15, -0.1) is 0 Å². The Balaban J connectivity index is 2.32. The zero-order valence-corrected chi connectivity index (χ0v) is 11.7. The number of carbonyl (C=O) groups excluding carboxylic acids is 2. The van der Waals surface area contributed by atoms with Gasteiger partial charge in [-0.2, -0.15) is 0 Å². The molecule has 104 valence electrons. The third-order valence-electron chi connectivity index (χ3n) is 3.21. The molecule has 1 saturated carbocycles. The van der Waals surface area contributed by atoms with Gasteiger partial charge in [-0.25, -0.2) is 0 Å². The van der Waals surface area contributed by atoms with Crippen molar-refractivity contribution in [2.75, 3.05) is 6.54 Å². The first-order valence-electron chi connectivity index (χ1n) is 6.98. The van der Waals surface area contributed by atoms with Crippen molar-refractivity contribution in [2.45, 2.75) is 65.1 Å². The van der Waals surface area contributed by atoms with E-state index in [9.17, 15) is 9.59 Å². The number of hydrogen-bond donors (Lipinski definition) is 1. The Morgan fingerprint density at radius 1 is 1.17 bits per heavy atom. The Hall–Kier alpha value is -0.900. The van der Waals surface area contributed by atoms with E-state index in [2.05, 4.69) is 5.32 Å². The van der Waals surface area contributed by atoms with Gasteiger partial charge in [-0.3, -0.25) is 9.59 Å². The number of amides is 1. The summed E-state index contributed by atoms with van der Waals surface area (Å²) in [6, 6.07) is 0. The Kier molecular flexibility index (Phi) is 6.33. The molecule has 0 radical (unpaired) electrons. The molecule has 0 aliphatic heterocycles. The summed E-state index contributed by atoms with van der Waals surface area (Å²) in [5.41, 5.74) is 0. The van der Waals surface area contributed by atoms with Crippen LogP contribution in [0.1, 0.15) is 52.9 Å². The van der Waals surface area contributed by atoms with Gasteiger partial charge in [0.2, 0.25) is 5.78 Å². The molecule has 4 nitrogen and oxygen atoms in total. The molecule has 0 heterocycles. The van der Waals surface area contributed by atoms with Crippen molar-refractivity contribution in [3.63, 3.8) is 0 Å². The molecule has 0 saturated heterocycles. The number of nitrogens with one attached hydrogen (secondary N) is 1. The molecule has 0 spiro atoms. The fourth-order valence-corrected chi connectivity index (χ4v) is 2.12. The summed E-state index contributed by atoms with van der Waals surface area (Å²) >= 11 is 0. The lowest BCUT2D eigenvalue weighted by atomic mass is 9.97. The van der Waals surface area contributed by atoms with Crippen LogP contribution in [0.5, 0.6) is 0 Å². The number of ether oxygens (including phenoxy) is 1. The highest BCUT2D eigenvalue weighted by Gasteiger charge is 2.25. The quantitative estimate of drug-likeness (QED) is 0.739. The van der Waals surface area contributed by atoms with E-state index in [1.165, 1.54) is 6.42 Å². The van der Waals surface area contributed by atoms with E-state index in [1.54, 1.807) is 6.92 Å². The second-order valence-electron chi connectivity index (χ2n) is 5.51. The first-order chi connectivity index (χ1) is 8.50. The second kappa shape index (κ2) is 7.52. The van der Waals surface area contributed by atoms with Crippen LogP contribution in [-0.4, -0.2) is 30.4 Å². The molecule has 1 rings (SSSR count). The van der Waals surface area contributed by atoms with Crippen LogP contribution >= 0.6 is 0 Å². The van der Waals surface area contributed by atoms with E-state index < -0.39 is 17.8 Å². The highest BCUT2D eigenvalue weighted by Crippen LogP contribution is 2.21. The highest BCUT2D eigenvalue weighted by atomic mass is 16.5. The van der Waals surface area contributed by atoms with Crippen molar-refractivity contribution in [1.82, 2.24) is 5.32 Å². The van der Waals surface area contributed by atoms with Crippen molar-refractivity contribution in [3.05, 3.63) is 0 Å². The van der Waals surface area contributed by atoms with E-state index in [4.69, 9.17) is 4.74 Å². The summed E-state index contributed by atoms with van der Waals surface area (Å²) in [4.78, 5) is 23.4. The molecule has 0 bridgehead atoms. The molecule has 18 heavy (non-hydrogen) atoms. The molecule has 1 amide bonds. The van der Waals surface area contributed by atoms with Gasteiger partial charge in [0.15, 0.2) is 0 Å². The Morgan fingerprint density at radius 3 is 2.33 bits per heavy atom. The van der Waals surface area contributed by atoms with Gasteiger partial charge < -0.3 is 10.1 Å². The maximum Gasteiger partial charge on any atom is 0.290 e. The molecule has 0 aromatic heterocycles. The highest BCUT2D eigenvalue weighted by molar-refractivity contribution is 6.37. The van der Waals surface area contributed by atoms with Gasteiger partial charge in [0.05, 0.1) is 6.10 Å². The average molecular weight is 255 g/mol. The van der Waals surface area contributed by atoms with Crippen LogP contribution in [0, 0.1) is 5.92 Å². The van der Waals surface area contributed by atoms with Gasteiger partial charge in [0.1, 0.15) is 6.10 Å². The number of carbonyl (C=O) groups is 2. The monoisotopic (exact) mass is 255 g/mol. The Bertz CT molecular complexity index is 283. The summed E-state index contributed by atoms with van der Waals surface area (Å²) in [6.07, 6.45) is 5.10. The van der Waals surface area contributed by atoms with E-state index in [0.29, 0.717) is 12.5 Å². The van der Waals surface area contributed by atoms with Gasteiger partial charge in [0, 0.05) is 6.54 Å². The van der Waals surface area contributed by atoms with Crippen LogP contribution in [0.3, 0.4) is 0 Å². The standard InChI is InChI=1S/C14H25NO3/c1-10(2)9-15-14(17)13(16)11(3)18-12-7-5-4-6-8-12/h10-12H,4-9H2,1-3H3,(H,15,17). The molecule has 1 aliphatic carbocycles. The van der Waals surface area contributed by atoms with Gasteiger partial charge >= 0.3 is 0 Å². The Morgan fingerprint density at radius 2 is 1.78 bits per heavy atom. The molecule has 0 aromatic carbocycles. The van der Waals surface area contributed by atoms with Crippen molar-refractivity contribution in [3.8, 4) is 0 Å². The molecule has 1 atom stereocenters. The minimum atomic E-state index is -0.625. The van der Waals surface area contributed by atoms with Crippen molar-refractivity contribution >= 4 is 11.7 Å². The largest absolute Gasteiger partial charge is 0.367 e. The topological polar surface area (TPSA) is 55.4 Å². The lowest BCUT2D eigenvalue weighted by Crippen LogP contribution is -2.41. The van der Waals surface area contributed by atoms with E-state index >= 15 is 0 Å². The van der Waals surface area contributed by atoms with Crippen LogP contribution in [0.15, 0.2) is 0 Å². The van der Waals surface area contributed by atoms with Crippen molar-refractivity contribution in [2.24, 2.45) is 5.92 Å². The average Bonchev–Trinajstić information content (AvgIpc) is 2.36. The fourth-order valence-electron chi connectivity index (χ4n) is 2.12. The van der Waals surface area contributed by atoms with E-state index in [1.807, 2.05) is 13.8 Å². The summed E-state index contributed by atoms with van der Waals surface area (Å²) in [6.45, 7) is 6.19. The molecule has 1 N–H and O–H groups in total. The molecule has 1 fully saturated rings. The zero-order chi connectivity index (χ0) is 13.5. The number of Topliss-reactive ketones (excluding diaryl/α,β-unsaturated/α-hetero) is 1. The van der Waals surface area contributed by atoms with Crippen molar-refractivity contribution in [1.29, 1.82) is 0 Å². The van der Waals surface area contributed by atoms with Crippen LogP contribution in [-0.2, 0) is 14.3 Å². The third kappa shape index (κ3) is 5.17. The van der Waals surface area contributed by atoms with Gasteiger partial charge in [-0.1, -0.05) is 33.1 Å². The van der Waals surface area contributed by atoms with E-state index in [0.717, 1.165) is 25.7 Å². The van der Waals surface area contributed by atoms with Crippen LogP contribution in [0.25, 0.3) is 0 Å². The first kappa shape index (κ1) is 15.2. The van der Waals surface area contributed by atoms with Gasteiger partial charge in [-0.05, 0) is 25.7 Å². The molecule has 4 heteroatoms. The van der Waals surface area contributed by atoms with Crippen LogP contribution in [0.4, 0.5) is 0 Å². The number of hydrogen-bond acceptors (Lipinski definition) is 3. The van der Waals surface area contributed by atoms with Crippen LogP contribution < -0.4 is 5.32 Å². The predicted octanol–water partition coefficient (Wildman–Crippen LogP) is 2.07. The predicted molar refractivity (Wildman–Crippen MR) is 70.3 cm³/mol. The normalized spacial score (nSPS) is 18.7. The minimum Gasteiger partial charge on any atom is -0.367 e. The maximum atomic E-state index is 11.8. The second-order valence-corrected chi connectivity index (χ2v) is 5.51. The van der Waals surface area contributed by atoms with E-state index in [-0.39, 0.29) is 6.10 Å². The number of rotatable bonds is 6. The lowest BCUT2D eigenvalue weighted by molar-refractivity contribution is -0.147. The summed E-state index contributed by atoms with van der Waals surface area (Å²) < 4.78 is 5.67. The smallest absolute Gasteiger partial charge is 0.290 e. The first-order valence-corrected chi connectivity index (χ1v) is 6.98. The summed E-state index contributed by atoms with van der Waals surface area (Å²) in [5, 5.41) is 2.63. The number of ketones is 1. The molecule has 1 aliphatic rings. The van der Waals surface area contributed by atoms with Crippen LogP contribution in [0.2, 0.25) is 0 Å². The third-order valence-corrected chi connectivity index (χ3v) is 3.21. The lowest BCUT2D eigenvalue weighted by Gasteiger charge is -2.24. The Labute approximate surface area is 109 Å². The fraction of sp³-hybridized carbons (Fsp3) is 0.857.